The zero-order valence-electron chi connectivity index (χ0n) is 15.4. The number of hydrogen-bond acceptors (Lipinski definition) is 2. The van der Waals surface area contributed by atoms with Gasteiger partial charge in [-0.3, -0.25) is 0 Å². The Morgan fingerprint density at radius 1 is 0.375 bits per heavy atom. The number of fused-ring (bicyclic) bond motifs is 6. The summed E-state index contributed by atoms with van der Waals surface area (Å²) in [5.41, 5.74) is 0. The highest BCUT2D eigenvalue weighted by molar-refractivity contribution is 4.65. The summed E-state index contributed by atoms with van der Waals surface area (Å²) in [4.78, 5) is 0. The van der Waals surface area contributed by atoms with Crippen LogP contribution in [0.4, 0.5) is 0 Å². The van der Waals surface area contributed by atoms with Crippen LogP contribution in [-0.4, -0.2) is 146 Å². The fourth-order valence-electron chi connectivity index (χ4n) is 6.08. The highest BCUT2D eigenvalue weighted by Crippen LogP contribution is 2.30. The van der Waals surface area contributed by atoms with Crippen LogP contribution in [0.3, 0.4) is 0 Å². The van der Waals surface area contributed by atoms with Gasteiger partial charge in [-0.05, 0) is 0 Å². The van der Waals surface area contributed by atoms with Crippen molar-refractivity contribution in [2.75, 3.05) is 118 Å². The SMILES string of the molecule is OCC[N+]12CC[N+](CC[N+]34CC[N+](CCO)(CC3)CC4)(CC1)CC2. The van der Waals surface area contributed by atoms with Crippen LogP contribution in [0.1, 0.15) is 0 Å². The van der Waals surface area contributed by atoms with E-state index in [1.54, 1.807) is 0 Å². The summed E-state index contributed by atoms with van der Waals surface area (Å²) in [5.74, 6) is 0. The van der Waals surface area contributed by atoms with Crippen LogP contribution in [0.2, 0.25) is 0 Å². The Hall–Kier alpha value is -0.240. The molecular weight excluding hydrogens is 304 g/mol. The highest BCUT2D eigenvalue weighted by atomic mass is 16.3. The van der Waals surface area contributed by atoms with Gasteiger partial charge in [0.1, 0.15) is 105 Å². The summed E-state index contributed by atoms with van der Waals surface area (Å²) in [5, 5.41) is 18.7. The molecule has 0 atom stereocenters. The first kappa shape index (κ1) is 17.2. The van der Waals surface area contributed by atoms with E-state index in [0.29, 0.717) is 13.2 Å². The first-order valence-corrected chi connectivity index (χ1v) is 10.2. The van der Waals surface area contributed by atoms with Crippen molar-refractivity contribution < 1.29 is 28.1 Å². The Morgan fingerprint density at radius 3 is 0.792 bits per heavy atom. The van der Waals surface area contributed by atoms with Crippen molar-refractivity contribution in [1.82, 2.24) is 0 Å². The van der Waals surface area contributed by atoms with E-state index in [1.165, 1.54) is 110 Å². The minimum atomic E-state index is 0.355. The quantitative estimate of drug-likeness (QED) is 0.541. The van der Waals surface area contributed by atoms with Crippen molar-refractivity contribution in [2.45, 2.75) is 0 Å². The van der Waals surface area contributed by atoms with E-state index in [2.05, 4.69) is 0 Å². The maximum Gasteiger partial charge on any atom is 0.129 e. The van der Waals surface area contributed by atoms with Gasteiger partial charge in [0.25, 0.3) is 0 Å². The van der Waals surface area contributed by atoms with Gasteiger partial charge in [-0.2, -0.15) is 0 Å². The number of aliphatic hydroxyl groups is 2. The molecule has 0 aromatic heterocycles. The van der Waals surface area contributed by atoms with Crippen molar-refractivity contribution in [1.29, 1.82) is 0 Å². The van der Waals surface area contributed by atoms with Gasteiger partial charge in [0.05, 0.1) is 13.2 Å². The molecule has 0 saturated carbocycles. The molecule has 0 spiro atoms. The lowest BCUT2D eigenvalue weighted by atomic mass is 10.0. The number of quaternary nitrogens is 4. The third-order valence-electron chi connectivity index (χ3n) is 8.49. The second-order valence-electron chi connectivity index (χ2n) is 9.39. The normalized spacial score (nSPS) is 47.2. The molecule has 6 saturated heterocycles. The molecule has 6 aliphatic heterocycles. The van der Waals surface area contributed by atoms with Crippen LogP contribution in [0.15, 0.2) is 0 Å². The molecule has 0 aromatic rings. The lowest BCUT2D eigenvalue weighted by Gasteiger charge is -2.58. The fraction of sp³-hybridized carbons (Fsp3) is 1.00. The summed E-state index contributed by atoms with van der Waals surface area (Å²) in [6.07, 6.45) is 0. The molecule has 0 unspecified atom stereocenters. The lowest BCUT2D eigenvalue weighted by Crippen LogP contribution is -2.79. The van der Waals surface area contributed by atoms with E-state index in [4.69, 9.17) is 0 Å². The van der Waals surface area contributed by atoms with Crippen LogP contribution in [0.25, 0.3) is 0 Å². The van der Waals surface area contributed by atoms with E-state index in [9.17, 15) is 10.2 Å². The van der Waals surface area contributed by atoms with Gasteiger partial charge < -0.3 is 28.1 Å². The average molecular weight is 343 g/mol. The van der Waals surface area contributed by atoms with E-state index in [-0.39, 0.29) is 0 Å². The molecule has 0 amide bonds. The molecule has 4 bridgehead atoms. The molecule has 138 valence electrons. The monoisotopic (exact) mass is 342 g/mol. The number of hydrogen-bond donors (Lipinski definition) is 2. The highest BCUT2D eigenvalue weighted by Gasteiger charge is 2.52. The Balaban J connectivity index is 1.32. The molecule has 6 heteroatoms. The maximum atomic E-state index is 9.36. The van der Waals surface area contributed by atoms with Crippen molar-refractivity contribution in [3.05, 3.63) is 0 Å². The van der Waals surface area contributed by atoms with Gasteiger partial charge in [-0.25, -0.2) is 0 Å². The first-order chi connectivity index (χ1) is 11.6. The smallest absolute Gasteiger partial charge is 0.129 e. The molecular formula is C18H38N4O2+4. The number of rotatable bonds is 7. The topological polar surface area (TPSA) is 40.5 Å². The molecule has 6 nitrogen and oxygen atoms in total. The molecule has 24 heavy (non-hydrogen) atoms. The maximum absolute atomic E-state index is 9.36. The zero-order chi connectivity index (χ0) is 16.7. The molecule has 0 aromatic carbocycles. The summed E-state index contributed by atoms with van der Waals surface area (Å²) in [6, 6.07) is 0. The number of nitrogens with zero attached hydrogens (tertiary/aromatic N) is 4. The predicted octanol–water partition coefficient (Wildman–Crippen LogP) is -1.71. The second kappa shape index (κ2) is 6.18. The Kier molecular flexibility index (Phi) is 4.43. The second-order valence-corrected chi connectivity index (χ2v) is 9.39. The molecule has 6 fully saturated rings. The van der Waals surface area contributed by atoms with Gasteiger partial charge in [0.2, 0.25) is 0 Å². The van der Waals surface area contributed by atoms with Gasteiger partial charge in [0.15, 0.2) is 0 Å². The van der Waals surface area contributed by atoms with Crippen LogP contribution >= 0.6 is 0 Å². The predicted molar refractivity (Wildman–Crippen MR) is 93.1 cm³/mol. The lowest BCUT2D eigenvalue weighted by molar-refractivity contribution is -1.11. The standard InChI is InChI=1S/C18H38N4O2/c23-17-15-21-9-3-19(4-10-21,5-11-21)1-2-20-6-12-22(13-7-20,14-8-20)16-18-24/h23-24H,1-18H2/q+4. The molecule has 6 rings (SSSR count). The molecule has 6 aliphatic rings. The minimum Gasteiger partial charge on any atom is -0.391 e. The molecule has 6 heterocycles. The van der Waals surface area contributed by atoms with Gasteiger partial charge in [-0.1, -0.05) is 0 Å². The van der Waals surface area contributed by atoms with Crippen LogP contribution < -0.4 is 0 Å². The molecule has 0 radical (unpaired) electrons. The fourth-order valence-corrected chi connectivity index (χ4v) is 6.08. The summed E-state index contributed by atoms with van der Waals surface area (Å²) >= 11 is 0. The van der Waals surface area contributed by atoms with Gasteiger partial charge >= 0.3 is 0 Å². The Labute approximate surface area is 146 Å². The van der Waals surface area contributed by atoms with Crippen LogP contribution in [0, 0.1) is 0 Å². The first-order valence-electron chi connectivity index (χ1n) is 10.2. The third-order valence-corrected chi connectivity index (χ3v) is 8.49. The zero-order valence-corrected chi connectivity index (χ0v) is 15.4. The Morgan fingerprint density at radius 2 is 0.583 bits per heavy atom. The van der Waals surface area contributed by atoms with Crippen molar-refractivity contribution in [3.8, 4) is 0 Å². The van der Waals surface area contributed by atoms with E-state index >= 15 is 0 Å². The van der Waals surface area contributed by atoms with Crippen molar-refractivity contribution in [3.63, 3.8) is 0 Å². The van der Waals surface area contributed by atoms with E-state index < -0.39 is 0 Å². The van der Waals surface area contributed by atoms with Crippen molar-refractivity contribution in [2.24, 2.45) is 0 Å². The molecule has 2 N–H and O–H groups in total. The van der Waals surface area contributed by atoms with Crippen LogP contribution in [0.5, 0.6) is 0 Å². The number of piperazine rings is 6. The van der Waals surface area contributed by atoms with Crippen LogP contribution in [-0.2, 0) is 0 Å². The van der Waals surface area contributed by atoms with Gasteiger partial charge in [-0.15, -0.1) is 0 Å². The van der Waals surface area contributed by atoms with E-state index in [0.717, 1.165) is 13.1 Å². The van der Waals surface area contributed by atoms with E-state index in [1.807, 2.05) is 0 Å². The largest absolute Gasteiger partial charge is 0.391 e. The number of aliphatic hydroxyl groups excluding tert-OH is 2. The average Bonchev–Trinajstić information content (AvgIpc) is 2.64. The van der Waals surface area contributed by atoms with Crippen molar-refractivity contribution >= 4 is 0 Å². The summed E-state index contributed by atoms with van der Waals surface area (Å²) in [6.45, 7) is 21.2. The third kappa shape index (κ3) is 2.91. The molecule has 0 aliphatic carbocycles. The van der Waals surface area contributed by atoms with Gasteiger partial charge in [0, 0.05) is 0 Å². The summed E-state index contributed by atoms with van der Waals surface area (Å²) in [7, 11) is 0. The summed E-state index contributed by atoms with van der Waals surface area (Å²) < 4.78 is 5.11. The minimum absolute atomic E-state index is 0.355. The Bertz CT molecular complexity index is 379.